The summed E-state index contributed by atoms with van der Waals surface area (Å²) >= 11 is 7.42. The summed E-state index contributed by atoms with van der Waals surface area (Å²) in [7, 11) is 2.95. The molecule has 0 fully saturated rings. The molecule has 0 aliphatic rings. The molecule has 8 nitrogen and oxygen atoms in total. The van der Waals surface area contributed by atoms with E-state index in [-0.39, 0.29) is 11.5 Å². The van der Waals surface area contributed by atoms with Gasteiger partial charge in [0.05, 0.1) is 19.9 Å². The van der Waals surface area contributed by atoms with Crippen LogP contribution in [0.3, 0.4) is 0 Å². The number of halogens is 1. The fraction of sp³-hybridized carbons (Fsp3) is 0.250. The van der Waals surface area contributed by atoms with Crippen molar-refractivity contribution in [3.8, 4) is 11.5 Å². The van der Waals surface area contributed by atoms with E-state index in [1.807, 2.05) is 24.3 Å². The Hall–Kier alpha value is -3.69. The van der Waals surface area contributed by atoms with Gasteiger partial charge in [0, 0.05) is 26.4 Å². The average molecular weight is 557 g/mol. The third-order valence-electron chi connectivity index (χ3n) is 5.37. The van der Waals surface area contributed by atoms with Crippen molar-refractivity contribution in [3.05, 3.63) is 77.3 Å². The number of carbonyl (C=O) groups is 3. The number of nitrogens with one attached hydrogen (secondary N) is 2. The van der Waals surface area contributed by atoms with E-state index >= 15 is 0 Å². The second-order valence-electron chi connectivity index (χ2n) is 8.50. The quantitative estimate of drug-likeness (QED) is 0.303. The third-order valence-corrected chi connectivity index (χ3v) is 6.70. The normalized spacial score (nSPS) is 11.4. The topological polar surface area (TPSA) is 103 Å². The van der Waals surface area contributed by atoms with Gasteiger partial charge in [-0.15, -0.1) is 0 Å². The predicted octanol–water partition coefficient (Wildman–Crippen LogP) is 5.44. The summed E-state index contributed by atoms with van der Waals surface area (Å²) in [4.78, 5) is 40.1. The molecule has 0 aromatic heterocycles. The van der Waals surface area contributed by atoms with Crippen LogP contribution in [-0.4, -0.2) is 44.7 Å². The second-order valence-corrected chi connectivity index (χ2v) is 10.1. The first-order valence-electron chi connectivity index (χ1n) is 11.7. The van der Waals surface area contributed by atoms with Crippen LogP contribution in [0.4, 0.5) is 5.69 Å². The molecule has 0 bridgehead atoms. The lowest BCUT2D eigenvalue weighted by Gasteiger charge is -2.21. The van der Waals surface area contributed by atoms with Gasteiger partial charge in [0.15, 0.2) is 6.61 Å². The van der Waals surface area contributed by atoms with E-state index in [9.17, 15) is 14.4 Å². The first-order chi connectivity index (χ1) is 18.2. The highest BCUT2D eigenvalue weighted by molar-refractivity contribution is 7.99. The largest absolute Gasteiger partial charge is 0.497 e. The molecule has 1 atom stereocenters. The highest BCUT2D eigenvalue weighted by atomic mass is 35.5. The lowest BCUT2D eigenvalue weighted by atomic mass is 10.0. The lowest BCUT2D eigenvalue weighted by molar-refractivity contribution is -0.150. The van der Waals surface area contributed by atoms with Crippen LogP contribution in [0, 0.1) is 5.92 Å². The zero-order valence-electron chi connectivity index (χ0n) is 21.4. The number of benzene rings is 3. The van der Waals surface area contributed by atoms with Crippen LogP contribution in [0.1, 0.15) is 24.2 Å². The molecule has 200 valence electrons. The van der Waals surface area contributed by atoms with Gasteiger partial charge in [-0.05, 0) is 54.4 Å². The summed E-state index contributed by atoms with van der Waals surface area (Å²) in [5, 5.41) is 6.10. The van der Waals surface area contributed by atoms with Gasteiger partial charge in [0.25, 0.3) is 11.8 Å². The zero-order chi connectivity index (χ0) is 27.7. The highest BCUT2D eigenvalue weighted by Gasteiger charge is 2.27. The van der Waals surface area contributed by atoms with Gasteiger partial charge in [-0.3, -0.25) is 9.59 Å². The molecule has 0 aliphatic heterocycles. The predicted molar refractivity (Wildman–Crippen MR) is 147 cm³/mol. The van der Waals surface area contributed by atoms with Crippen LogP contribution in [0.15, 0.2) is 76.5 Å². The smallest absolute Gasteiger partial charge is 0.329 e. The van der Waals surface area contributed by atoms with Crippen molar-refractivity contribution in [3.63, 3.8) is 0 Å². The number of ether oxygens (including phenoxy) is 3. The summed E-state index contributed by atoms with van der Waals surface area (Å²) in [5.41, 5.74) is 0.835. The van der Waals surface area contributed by atoms with E-state index in [1.165, 1.54) is 38.1 Å². The monoisotopic (exact) mass is 556 g/mol. The minimum Gasteiger partial charge on any atom is -0.497 e. The number of rotatable bonds is 11. The van der Waals surface area contributed by atoms with Crippen LogP contribution in [0.25, 0.3) is 0 Å². The molecule has 0 saturated heterocycles. The molecule has 0 aliphatic carbocycles. The number of anilines is 1. The molecule has 0 heterocycles. The number of esters is 1. The van der Waals surface area contributed by atoms with E-state index in [2.05, 4.69) is 10.6 Å². The van der Waals surface area contributed by atoms with Crippen molar-refractivity contribution in [1.29, 1.82) is 0 Å². The Morgan fingerprint density at radius 1 is 0.921 bits per heavy atom. The molecule has 38 heavy (non-hydrogen) atoms. The van der Waals surface area contributed by atoms with Crippen molar-refractivity contribution in [1.82, 2.24) is 5.32 Å². The second kappa shape index (κ2) is 13.7. The minimum atomic E-state index is -0.972. The van der Waals surface area contributed by atoms with Crippen molar-refractivity contribution < 1.29 is 28.6 Å². The maximum Gasteiger partial charge on any atom is 0.329 e. The fourth-order valence-electron chi connectivity index (χ4n) is 3.36. The van der Waals surface area contributed by atoms with Crippen LogP contribution < -0.4 is 20.1 Å². The summed E-state index contributed by atoms with van der Waals surface area (Å²) in [6.45, 7) is 3.02. The molecular weight excluding hydrogens is 528 g/mol. The van der Waals surface area contributed by atoms with Gasteiger partial charge in [-0.2, -0.15) is 0 Å². The molecule has 3 aromatic rings. The molecule has 1 unspecified atom stereocenters. The SMILES string of the molecule is COc1cc(OC)cc(C(=O)NC(C(=O)OCC(=O)Nc2ccccc2Sc2ccc(Cl)cc2)C(C)C)c1. The zero-order valence-corrected chi connectivity index (χ0v) is 23.0. The third kappa shape index (κ3) is 8.16. The molecule has 0 saturated carbocycles. The van der Waals surface area contributed by atoms with Crippen LogP contribution in [0.5, 0.6) is 11.5 Å². The fourth-order valence-corrected chi connectivity index (χ4v) is 4.39. The number of hydrogen-bond acceptors (Lipinski definition) is 7. The number of methoxy groups -OCH3 is 2. The van der Waals surface area contributed by atoms with Gasteiger partial charge in [0.2, 0.25) is 0 Å². The average Bonchev–Trinajstić information content (AvgIpc) is 2.92. The van der Waals surface area contributed by atoms with Crippen molar-refractivity contribution in [2.45, 2.75) is 29.7 Å². The Morgan fingerprint density at radius 2 is 1.55 bits per heavy atom. The van der Waals surface area contributed by atoms with Crippen LogP contribution >= 0.6 is 23.4 Å². The molecule has 10 heteroatoms. The van der Waals surface area contributed by atoms with E-state index < -0.39 is 30.4 Å². The van der Waals surface area contributed by atoms with Gasteiger partial charge in [-0.1, -0.05) is 49.3 Å². The van der Waals surface area contributed by atoms with Crippen molar-refractivity contribution in [2.24, 2.45) is 5.92 Å². The Kier molecular flexibility index (Phi) is 10.4. The van der Waals surface area contributed by atoms with E-state index in [4.69, 9.17) is 25.8 Å². The summed E-state index contributed by atoms with van der Waals surface area (Å²) in [6, 6.07) is 18.4. The summed E-state index contributed by atoms with van der Waals surface area (Å²) in [5.74, 6) is -1.15. The lowest BCUT2D eigenvalue weighted by Crippen LogP contribution is -2.46. The number of hydrogen-bond donors (Lipinski definition) is 2. The Bertz CT molecular complexity index is 1260. The number of amides is 2. The summed E-state index contributed by atoms with van der Waals surface area (Å²) in [6.07, 6.45) is 0. The number of carbonyl (C=O) groups excluding carboxylic acids is 3. The molecular formula is C28H29ClN2O6S. The molecule has 0 radical (unpaired) electrons. The molecule has 2 amide bonds. The van der Waals surface area contributed by atoms with Gasteiger partial charge < -0.3 is 24.8 Å². The van der Waals surface area contributed by atoms with E-state index in [0.29, 0.717) is 22.2 Å². The van der Waals surface area contributed by atoms with Crippen molar-refractivity contribution in [2.75, 3.05) is 26.1 Å². The Balaban J connectivity index is 1.61. The molecule has 3 aromatic carbocycles. The van der Waals surface area contributed by atoms with E-state index in [1.54, 1.807) is 44.2 Å². The van der Waals surface area contributed by atoms with Crippen LogP contribution in [-0.2, 0) is 14.3 Å². The molecule has 3 rings (SSSR count). The minimum absolute atomic E-state index is 0.257. The number of para-hydroxylation sites is 1. The highest BCUT2D eigenvalue weighted by Crippen LogP contribution is 2.33. The van der Waals surface area contributed by atoms with Crippen LogP contribution in [0.2, 0.25) is 5.02 Å². The first-order valence-corrected chi connectivity index (χ1v) is 12.9. The standard InChI is InChI=1S/C28H29ClN2O6S/c1-17(2)26(31-27(33)18-13-20(35-3)15-21(14-18)36-4)28(34)37-16-25(32)30-23-7-5-6-8-24(23)38-22-11-9-19(29)10-12-22/h5-15,17,26H,16H2,1-4H3,(H,30,32)(H,31,33). The molecule has 0 spiro atoms. The summed E-state index contributed by atoms with van der Waals surface area (Å²) < 4.78 is 15.7. The maximum absolute atomic E-state index is 12.9. The van der Waals surface area contributed by atoms with Gasteiger partial charge in [0.1, 0.15) is 17.5 Å². The maximum atomic E-state index is 12.9. The van der Waals surface area contributed by atoms with E-state index in [0.717, 1.165) is 9.79 Å². The van der Waals surface area contributed by atoms with Crippen molar-refractivity contribution >= 4 is 46.8 Å². The Morgan fingerprint density at radius 3 is 2.16 bits per heavy atom. The Labute approximate surface area is 231 Å². The molecule has 2 N–H and O–H groups in total. The van der Waals surface area contributed by atoms with Gasteiger partial charge >= 0.3 is 5.97 Å². The van der Waals surface area contributed by atoms with Gasteiger partial charge in [-0.25, -0.2) is 4.79 Å². The first kappa shape index (κ1) is 28.9.